The number of nitrogens with two attached hydrogens (primary N) is 1. The molecule has 2 aliphatic rings. The third kappa shape index (κ3) is 5.20. The van der Waals surface area contributed by atoms with Gasteiger partial charge in [0, 0.05) is 25.4 Å². The third-order valence-electron chi connectivity index (χ3n) is 4.37. The number of thioether (sulfide) groups is 1. The molecule has 0 radical (unpaired) electrons. The fourth-order valence-corrected chi connectivity index (χ4v) is 5.05. The van der Waals surface area contributed by atoms with Crippen LogP contribution in [0.25, 0.3) is 0 Å². The maximum Gasteiger partial charge on any atom is 0.243 e. The lowest BCUT2D eigenvalue weighted by atomic mass is 10.2. The van der Waals surface area contributed by atoms with Crippen molar-refractivity contribution < 1.29 is 17.9 Å². The largest absolute Gasteiger partial charge is 0.379 e. The molecule has 2 aliphatic heterocycles. The maximum atomic E-state index is 12.7. The Kier molecular flexibility index (Phi) is 6.93. The second-order valence-corrected chi connectivity index (χ2v) is 9.20. The lowest BCUT2D eigenvalue weighted by Gasteiger charge is -2.26. The Balaban J connectivity index is 1.59. The first kappa shape index (κ1) is 19.6. The second-order valence-electron chi connectivity index (χ2n) is 6.27. The molecule has 3 rings (SSSR count). The van der Waals surface area contributed by atoms with Crippen LogP contribution in [0.4, 0.5) is 0 Å². The van der Waals surface area contributed by atoms with Crippen molar-refractivity contribution in [2.75, 3.05) is 39.5 Å². The molecule has 0 aromatic heterocycles. The van der Waals surface area contributed by atoms with Gasteiger partial charge >= 0.3 is 0 Å². The predicted octanol–water partition coefficient (Wildman–Crippen LogP) is 1.43. The highest BCUT2D eigenvalue weighted by Gasteiger charge is 2.26. The summed E-state index contributed by atoms with van der Waals surface area (Å²) in [6.45, 7) is 3.05. The monoisotopic (exact) mass is 399 g/mol. The summed E-state index contributed by atoms with van der Waals surface area (Å²) in [7, 11) is -3.48. The van der Waals surface area contributed by atoms with Crippen LogP contribution in [0.5, 0.6) is 0 Å². The molecule has 0 saturated carbocycles. The normalized spacial score (nSPS) is 22.6. The minimum atomic E-state index is -3.48. The minimum Gasteiger partial charge on any atom is -0.379 e. The number of rotatable bonds is 6. The highest BCUT2D eigenvalue weighted by molar-refractivity contribution is 8.13. The molecule has 144 valence electrons. The Labute approximate surface area is 159 Å². The van der Waals surface area contributed by atoms with Crippen LogP contribution in [0.1, 0.15) is 18.4 Å². The molecule has 2 fully saturated rings. The van der Waals surface area contributed by atoms with Crippen LogP contribution in [0.3, 0.4) is 0 Å². The van der Waals surface area contributed by atoms with E-state index in [1.807, 2.05) is 6.07 Å². The van der Waals surface area contributed by atoms with Gasteiger partial charge in [0.2, 0.25) is 10.0 Å². The van der Waals surface area contributed by atoms with E-state index < -0.39 is 10.0 Å². The summed E-state index contributed by atoms with van der Waals surface area (Å²) in [6.07, 6.45) is 2.29. The number of sulfonamides is 1. The summed E-state index contributed by atoms with van der Waals surface area (Å²) in [5.41, 5.74) is 6.86. The smallest absolute Gasteiger partial charge is 0.243 e. The Bertz CT molecular complexity index is 727. The fourth-order valence-electron chi connectivity index (χ4n) is 2.91. The number of benzene rings is 1. The molecule has 1 aromatic rings. The Morgan fingerprint density at radius 3 is 2.85 bits per heavy atom. The van der Waals surface area contributed by atoms with E-state index >= 15 is 0 Å². The first-order valence-electron chi connectivity index (χ1n) is 8.77. The van der Waals surface area contributed by atoms with Gasteiger partial charge in [-0.3, -0.25) is 4.99 Å². The van der Waals surface area contributed by atoms with Gasteiger partial charge in [-0.25, -0.2) is 8.42 Å². The van der Waals surface area contributed by atoms with Crippen molar-refractivity contribution in [1.29, 1.82) is 0 Å². The zero-order valence-electron chi connectivity index (χ0n) is 14.7. The van der Waals surface area contributed by atoms with E-state index in [9.17, 15) is 8.42 Å². The van der Waals surface area contributed by atoms with Gasteiger partial charge in [-0.15, -0.1) is 0 Å². The van der Waals surface area contributed by atoms with Gasteiger partial charge in [0.25, 0.3) is 0 Å². The molecule has 2 heterocycles. The van der Waals surface area contributed by atoms with Gasteiger partial charge in [0.05, 0.1) is 30.8 Å². The molecule has 0 unspecified atom stereocenters. The van der Waals surface area contributed by atoms with Crippen molar-refractivity contribution in [2.24, 2.45) is 10.7 Å². The summed E-state index contributed by atoms with van der Waals surface area (Å²) >= 11 is 1.41. The van der Waals surface area contributed by atoms with Crippen molar-refractivity contribution in [3.05, 3.63) is 29.8 Å². The Morgan fingerprint density at radius 1 is 1.31 bits per heavy atom. The van der Waals surface area contributed by atoms with Gasteiger partial charge in [0.15, 0.2) is 5.17 Å². The molecule has 26 heavy (non-hydrogen) atoms. The number of ether oxygens (including phenoxy) is 2. The van der Waals surface area contributed by atoms with Crippen LogP contribution in [0, 0.1) is 0 Å². The summed E-state index contributed by atoms with van der Waals surface area (Å²) < 4.78 is 37.7. The van der Waals surface area contributed by atoms with Crippen molar-refractivity contribution in [3.8, 4) is 0 Å². The molecular weight excluding hydrogens is 374 g/mol. The van der Waals surface area contributed by atoms with Crippen LogP contribution in [-0.4, -0.2) is 63.4 Å². The minimum absolute atomic E-state index is 0.177. The van der Waals surface area contributed by atoms with Crippen LogP contribution in [0.15, 0.2) is 34.2 Å². The van der Waals surface area contributed by atoms with E-state index in [0.717, 1.165) is 25.0 Å². The molecule has 2 N–H and O–H groups in total. The topological polar surface area (TPSA) is 94.2 Å². The van der Waals surface area contributed by atoms with E-state index in [4.69, 9.17) is 15.2 Å². The van der Waals surface area contributed by atoms with Crippen molar-refractivity contribution in [1.82, 2.24) is 4.31 Å². The average Bonchev–Trinajstić information content (AvgIpc) is 3.19. The van der Waals surface area contributed by atoms with Crippen LogP contribution < -0.4 is 5.73 Å². The van der Waals surface area contributed by atoms with Gasteiger partial charge < -0.3 is 15.2 Å². The maximum absolute atomic E-state index is 12.7. The van der Waals surface area contributed by atoms with Gasteiger partial charge in [0.1, 0.15) is 0 Å². The molecule has 1 aromatic carbocycles. The molecular formula is C17H25N3O4S2. The van der Waals surface area contributed by atoms with Gasteiger partial charge in [-0.2, -0.15) is 4.31 Å². The average molecular weight is 400 g/mol. The molecule has 0 spiro atoms. The first-order chi connectivity index (χ1) is 12.6. The summed E-state index contributed by atoms with van der Waals surface area (Å²) in [5, 5.41) is 0.502. The van der Waals surface area contributed by atoms with E-state index in [0.29, 0.717) is 48.7 Å². The van der Waals surface area contributed by atoms with Crippen LogP contribution >= 0.6 is 11.8 Å². The van der Waals surface area contributed by atoms with Crippen molar-refractivity contribution >= 4 is 27.0 Å². The van der Waals surface area contributed by atoms with E-state index in [1.165, 1.54) is 16.1 Å². The van der Waals surface area contributed by atoms with E-state index in [2.05, 4.69) is 4.99 Å². The highest BCUT2D eigenvalue weighted by atomic mass is 32.2. The molecule has 1 atom stereocenters. The SMILES string of the molecule is NC(=NC[C@@H]1CCCO1)SCc1cccc(S(=O)(=O)N2CCOCC2)c1. The molecule has 0 amide bonds. The zero-order chi connectivity index (χ0) is 18.4. The number of hydrogen-bond donors (Lipinski definition) is 1. The zero-order valence-corrected chi connectivity index (χ0v) is 16.3. The number of nitrogens with zero attached hydrogens (tertiary/aromatic N) is 2. The lowest BCUT2D eigenvalue weighted by molar-refractivity contribution is 0.0730. The van der Waals surface area contributed by atoms with Crippen LogP contribution in [-0.2, 0) is 25.2 Å². The van der Waals surface area contributed by atoms with Gasteiger partial charge in [-0.05, 0) is 30.5 Å². The highest BCUT2D eigenvalue weighted by Crippen LogP contribution is 2.21. The number of morpholine rings is 1. The molecule has 0 bridgehead atoms. The second kappa shape index (κ2) is 9.18. The van der Waals surface area contributed by atoms with E-state index in [1.54, 1.807) is 18.2 Å². The number of hydrogen-bond acceptors (Lipinski definition) is 6. The first-order valence-corrected chi connectivity index (χ1v) is 11.2. The van der Waals surface area contributed by atoms with E-state index in [-0.39, 0.29) is 6.10 Å². The summed E-state index contributed by atoms with van der Waals surface area (Å²) in [6, 6.07) is 7.01. The van der Waals surface area contributed by atoms with Crippen LogP contribution in [0.2, 0.25) is 0 Å². The number of amidine groups is 1. The molecule has 0 aliphatic carbocycles. The molecule has 2 saturated heterocycles. The summed E-state index contributed by atoms with van der Waals surface area (Å²) in [5.74, 6) is 0.577. The van der Waals surface area contributed by atoms with Crippen molar-refractivity contribution in [2.45, 2.75) is 29.6 Å². The number of aliphatic imine (C=N–C) groups is 1. The standard InChI is InChI=1S/C17H25N3O4S2/c18-17(19-12-15-4-2-8-24-15)25-13-14-3-1-5-16(11-14)26(21,22)20-6-9-23-10-7-20/h1,3,5,11,15H,2,4,6-10,12-13H2,(H2,18,19)/t15-/m0/s1. The quantitative estimate of drug-likeness (QED) is 0.575. The molecule has 9 heteroatoms. The van der Waals surface area contributed by atoms with Gasteiger partial charge in [-0.1, -0.05) is 23.9 Å². The lowest BCUT2D eigenvalue weighted by Crippen LogP contribution is -2.40. The van der Waals surface area contributed by atoms with Crippen molar-refractivity contribution in [3.63, 3.8) is 0 Å². The third-order valence-corrected chi connectivity index (χ3v) is 7.16. The Morgan fingerprint density at radius 2 is 2.12 bits per heavy atom. The Hall–Kier alpha value is -1.13. The fraction of sp³-hybridized carbons (Fsp3) is 0.588. The summed E-state index contributed by atoms with van der Waals surface area (Å²) in [4.78, 5) is 4.67. The molecule has 7 nitrogen and oxygen atoms in total. The predicted molar refractivity (Wildman–Crippen MR) is 103 cm³/mol.